The Morgan fingerprint density at radius 3 is 2.57 bits per heavy atom. The Morgan fingerprint density at radius 2 is 1.87 bits per heavy atom. The minimum absolute atomic E-state index is 0.180. The molecule has 0 aromatic heterocycles. The summed E-state index contributed by atoms with van der Waals surface area (Å²) >= 11 is 0. The molecule has 1 aliphatic rings. The van der Waals surface area contributed by atoms with Crippen LogP contribution in [0, 0.1) is 0 Å². The van der Waals surface area contributed by atoms with Crippen LogP contribution >= 0.6 is 0 Å². The van der Waals surface area contributed by atoms with E-state index in [-0.39, 0.29) is 11.4 Å². The summed E-state index contributed by atoms with van der Waals surface area (Å²) in [5.41, 5.74) is 4.24. The van der Waals surface area contributed by atoms with E-state index in [1.165, 1.54) is 23.7 Å². The summed E-state index contributed by atoms with van der Waals surface area (Å²) < 4.78 is 5.08. The standard InChI is InChI=1S/C20H23NO2/c1-15(22)23-17-10-8-16(9-11-17)12-13-20(2)14-21(3)19-7-5-4-6-18(19)20/h4-11H,12-14H2,1-3H3/t20-/m0/s1. The Hall–Kier alpha value is -2.29. The number of ether oxygens (including phenoxy) is 1. The van der Waals surface area contributed by atoms with Crippen LogP contribution < -0.4 is 9.64 Å². The van der Waals surface area contributed by atoms with E-state index in [9.17, 15) is 4.79 Å². The number of para-hydroxylation sites is 1. The first-order valence-electron chi connectivity index (χ1n) is 8.06. The maximum Gasteiger partial charge on any atom is 0.308 e. The lowest BCUT2D eigenvalue weighted by Crippen LogP contribution is -2.29. The predicted octanol–water partition coefficient (Wildman–Crippen LogP) is 3.95. The topological polar surface area (TPSA) is 29.5 Å². The average molecular weight is 309 g/mol. The van der Waals surface area contributed by atoms with Crippen molar-refractivity contribution in [3.8, 4) is 5.75 Å². The molecular weight excluding hydrogens is 286 g/mol. The zero-order valence-electron chi connectivity index (χ0n) is 14.0. The Morgan fingerprint density at radius 1 is 1.17 bits per heavy atom. The van der Waals surface area contributed by atoms with E-state index in [0.717, 1.165) is 19.4 Å². The van der Waals surface area contributed by atoms with Gasteiger partial charge in [-0.1, -0.05) is 37.3 Å². The predicted molar refractivity (Wildman–Crippen MR) is 93.1 cm³/mol. The molecular formula is C20H23NO2. The van der Waals surface area contributed by atoms with Crippen molar-refractivity contribution in [3.63, 3.8) is 0 Å². The first-order valence-corrected chi connectivity index (χ1v) is 8.06. The summed E-state index contributed by atoms with van der Waals surface area (Å²) in [7, 11) is 2.16. The van der Waals surface area contributed by atoms with Gasteiger partial charge < -0.3 is 9.64 Å². The highest BCUT2D eigenvalue weighted by Crippen LogP contribution is 2.42. The van der Waals surface area contributed by atoms with Crippen LogP contribution in [0.4, 0.5) is 5.69 Å². The zero-order valence-corrected chi connectivity index (χ0v) is 14.0. The van der Waals surface area contributed by atoms with Gasteiger partial charge in [0.25, 0.3) is 0 Å². The fourth-order valence-electron chi connectivity index (χ4n) is 3.53. The lowest BCUT2D eigenvalue weighted by molar-refractivity contribution is -0.131. The number of carbonyl (C=O) groups excluding carboxylic acids is 1. The number of benzene rings is 2. The second-order valence-corrected chi connectivity index (χ2v) is 6.67. The van der Waals surface area contributed by atoms with E-state index >= 15 is 0 Å². The molecule has 0 saturated carbocycles. The lowest BCUT2D eigenvalue weighted by Gasteiger charge is -2.25. The number of rotatable bonds is 4. The van der Waals surface area contributed by atoms with E-state index in [1.807, 2.05) is 24.3 Å². The Balaban J connectivity index is 1.70. The summed E-state index contributed by atoms with van der Waals surface area (Å²) in [6, 6.07) is 16.5. The van der Waals surface area contributed by atoms with Gasteiger partial charge in [-0.15, -0.1) is 0 Å². The van der Waals surface area contributed by atoms with Gasteiger partial charge in [-0.25, -0.2) is 0 Å². The molecule has 0 fully saturated rings. The molecule has 1 heterocycles. The molecule has 2 aromatic carbocycles. The first-order chi connectivity index (χ1) is 11.0. The quantitative estimate of drug-likeness (QED) is 0.632. The maximum absolute atomic E-state index is 11.0. The summed E-state index contributed by atoms with van der Waals surface area (Å²) in [5, 5.41) is 0. The Labute approximate surface area is 137 Å². The second-order valence-electron chi connectivity index (χ2n) is 6.67. The van der Waals surface area contributed by atoms with Gasteiger partial charge >= 0.3 is 5.97 Å². The number of carbonyl (C=O) groups is 1. The molecule has 2 aromatic rings. The van der Waals surface area contributed by atoms with Crippen molar-refractivity contribution in [2.24, 2.45) is 0 Å². The molecule has 120 valence electrons. The minimum atomic E-state index is -0.282. The lowest BCUT2D eigenvalue weighted by atomic mass is 9.79. The van der Waals surface area contributed by atoms with Crippen LogP contribution in [-0.2, 0) is 16.6 Å². The summed E-state index contributed by atoms with van der Waals surface area (Å²) in [5.74, 6) is 0.328. The molecule has 0 radical (unpaired) electrons. The first kappa shape index (κ1) is 15.6. The minimum Gasteiger partial charge on any atom is -0.427 e. The highest BCUT2D eigenvalue weighted by Gasteiger charge is 2.36. The number of anilines is 1. The smallest absolute Gasteiger partial charge is 0.308 e. The van der Waals surface area contributed by atoms with Crippen molar-refractivity contribution in [2.45, 2.75) is 32.1 Å². The molecule has 0 saturated heterocycles. The second kappa shape index (κ2) is 6.07. The molecule has 3 nitrogen and oxygen atoms in total. The van der Waals surface area contributed by atoms with E-state index in [0.29, 0.717) is 5.75 Å². The van der Waals surface area contributed by atoms with Crippen molar-refractivity contribution < 1.29 is 9.53 Å². The van der Waals surface area contributed by atoms with Gasteiger partial charge in [0, 0.05) is 31.6 Å². The number of hydrogen-bond donors (Lipinski definition) is 0. The number of nitrogens with zero attached hydrogens (tertiary/aromatic N) is 1. The number of esters is 1. The van der Waals surface area contributed by atoms with Crippen molar-refractivity contribution >= 4 is 11.7 Å². The van der Waals surface area contributed by atoms with Crippen LogP contribution in [0.15, 0.2) is 48.5 Å². The Bertz CT molecular complexity index is 708. The molecule has 1 aliphatic heterocycles. The van der Waals surface area contributed by atoms with E-state index in [2.05, 4.69) is 43.1 Å². The highest BCUT2D eigenvalue weighted by molar-refractivity contribution is 5.69. The average Bonchev–Trinajstić information content (AvgIpc) is 2.79. The largest absolute Gasteiger partial charge is 0.427 e. The fraction of sp³-hybridized carbons (Fsp3) is 0.350. The van der Waals surface area contributed by atoms with Gasteiger partial charge in [-0.3, -0.25) is 4.79 Å². The molecule has 0 aliphatic carbocycles. The normalized spacial score (nSPS) is 19.5. The molecule has 1 atom stereocenters. The molecule has 0 spiro atoms. The van der Waals surface area contributed by atoms with Crippen molar-refractivity contribution in [1.29, 1.82) is 0 Å². The van der Waals surface area contributed by atoms with E-state index in [4.69, 9.17) is 4.74 Å². The molecule has 3 rings (SSSR count). The molecule has 3 heteroatoms. The SMILES string of the molecule is CC(=O)Oc1ccc(CC[C@@]2(C)CN(C)c3ccccc32)cc1. The van der Waals surface area contributed by atoms with Crippen molar-refractivity contribution in [1.82, 2.24) is 0 Å². The number of likely N-dealkylation sites (N-methyl/N-ethyl adjacent to an activating group) is 1. The van der Waals surface area contributed by atoms with Crippen LogP contribution in [-0.4, -0.2) is 19.6 Å². The summed E-state index contributed by atoms with van der Waals surface area (Å²) in [6.07, 6.45) is 2.11. The number of aryl methyl sites for hydroxylation is 1. The summed E-state index contributed by atoms with van der Waals surface area (Å²) in [6.45, 7) is 4.82. The molecule has 0 N–H and O–H groups in total. The van der Waals surface area contributed by atoms with Gasteiger partial charge in [0.05, 0.1) is 0 Å². The molecule has 0 bridgehead atoms. The number of hydrogen-bond acceptors (Lipinski definition) is 3. The van der Waals surface area contributed by atoms with Gasteiger partial charge in [0.1, 0.15) is 5.75 Å². The monoisotopic (exact) mass is 309 g/mol. The fourth-order valence-corrected chi connectivity index (χ4v) is 3.53. The van der Waals surface area contributed by atoms with Gasteiger partial charge in [-0.2, -0.15) is 0 Å². The number of fused-ring (bicyclic) bond motifs is 1. The molecule has 0 amide bonds. The van der Waals surface area contributed by atoms with E-state index in [1.54, 1.807) is 0 Å². The third-order valence-electron chi connectivity index (χ3n) is 4.70. The summed E-state index contributed by atoms with van der Waals surface area (Å²) in [4.78, 5) is 13.3. The van der Waals surface area contributed by atoms with Gasteiger partial charge in [0.2, 0.25) is 0 Å². The van der Waals surface area contributed by atoms with Crippen molar-refractivity contribution in [2.75, 3.05) is 18.5 Å². The van der Waals surface area contributed by atoms with Crippen LogP contribution in [0.3, 0.4) is 0 Å². The zero-order chi connectivity index (χ0) is 16.4. The highest BCUT2D eigenvalue weighted by atomic mass is 16.5. The Kier molecular flexibility index (Phi) is 4.12. The van der Waals surface area contributed by atoms with Crippen LogP contribution in [0.25, 0.3) is 0 Å². The third kappa shape index (κ3) is 3.24. The maximum atomic E-state index is 11.0. The van der Waals surface area contributed by atoms with Crippen molar-refractivity contribution in [3.05, 3.63) is 59.7 Å². The van der Waals surface area contributed by atoms with Gasteiger partial charge in [-0.05, 0) is 42.2 Å². The van der Waals surface area contributed by atoms with Crippen LogP contribution in [0.1, 0.15) is 31.4 Å². The van der Waals surface area contributed by atoms with E-state index < -0.39 is 0 Å². The van der Waals surface area contributed by atoms with Crippen LogP contribution in [0.2, 0.25) is 0 Å². The van der Waals surface area contributed by atoms with Crippen LogP contribution in [0.5, 0.6) is 5.75 Å². The third-order valence-corrected chi connectivity index (χ3v) is 4.70. The van der Waals surface area contributed by atoms with Gasteiger partial charge in [0.15, 0.2) is 0 Å². The molecule has 23 heavy (non-hydrogen) atoms. The molecule has 0 unspecified atom stereocenters.